The number of fused-ring (bicyclic) bond motifs is 1. The van der Waals surface area contributed by atoms with E-state index in [-0.39, 0.29) is 6.10 Å². The number of ether oxygens (including phenoxy) is 1. The second-order valence-electron chi connectivity index (χ2n) is 6.68. The number of benzene rings is 2. The minimum absolute atomic E-state index is 0.0900. The Hall–Kier alpha value is -2.41. The second-order valence-corrected chi connectivity index (χ2v) is 7.49. The smallest absolute Gasteiger partial charge is 0.246 e. The predicted octanol–water partition coefficient (Wildman–Crippen LogP) is 4.05. The van der Waals surface area contributed by atoms with Gasteiger partial charge in [-0.15, -0.1) is 10.2 Å². The zero-order valence-corrected chi connectivity index (χ0v) is 16.4. The number of primary amides is 1. The molecular formula is C20H18Cl2N4O2. The molecule has 2 aromatic carbocycles. The van der Waals surface area contributed by atoms with Gasteiger partial charge in [-0.1, -0.05) is 53.5 Å². The summed E-state index contributed by atoms with van der Waals surface area (Å²) in [6.07, 6.45) is 0.817. The van der Waals surface area contributed by atoms with Gasteiger partial charge in [0.1, 0.15) is 11.8 Å². The first-order chi connectivity index (χ1) is 13.5. The van der Waals surface area contributed by atoms with Crippen LogP contribution in [0.2, 0.25) is 10.0 Å². The molecule has 0 spiro atoms. The van der Waals surface area contributed by atoms with Gasteiger partial charge < -0.3 is 15.8 Å². The third kappa shape index (κ3) is 3.76. The van der Waals surface area contributed by atoms with Crippen molar-refractivity contribution < 1.29 is 9.53 Å². The summed E-state index contributed by atoms with van der Waals surface area (Å²) in [6.45, 7) is 0.522. The Morgan fingerprint density at radius 3 is 2.61 bits per heavy atom. The third-order valence-electron chi connectivity index (χ3n) is 4.80. The number of rotatable bonds is 5. The number of nitrogens with one attached hydrogen (secondary N) is 1. The highest BCUT2D eigenvalue weighted by atomic mass is 35.5. The maximum Gasteiger partial charge on any atom is 0.246 e. The molecule has 3 aromatic rings. The first-order valence-corrected chi connectivity index (χ1v) is 9.68. The maximum absolute atomic E-state index is 11.3. The van der Waals surface area contributed by atoms with E-state index >= 15 is 0 Å². The van der Waals surface area contributed by atoms with Crippen molar-refractivity contribution in [3.05, 3.63) is 52.5 Å². The van der Waals surface area contributed by atoms with Crippen LogP contribution in [0.3, 0.4) is 0 Å². The van der Waals surface area contributed by atoms with Gasteiger partial charge in [-0.2, -0.15) is 0 Å². The van der Waals surface area contributed by atoms with E-state index in [1.807, 2.05) is 30.3 Å². The van der Waals surface area contributed by atoms with Gasteiger partial charge in [-0.05, 0) is 25.0 Å². The van der Waals surface area contributed by atoms with Crippen LogP contribution in [-0.4, -0.2) is 34.9 Å². The van der Waals surface area contributed by atoms with Gasteiger partial charge in [0.25, 0.3) is 0 Å². The highest BCUT2D eigenvalue weighted by Crippen LogP contribution is 2.33. The van der Waals surface area contributed by atoms with E-state index in [1.54, 1.807) is 12.1 Å². The molecule has 2 atom stereocenters. The number of nitrogens with two attached hydrogens (primary N) is 1. The number of anilines is 1. The monoisotopic (exact) mass is 416 g/mol. The molecule has 0 bridgehead atoms. The molecule has 2 unspecified atom stereocenters. The van der Waals surface area contributed by atoms with E-state index < -0.39 is 12.0 Å². The zero-order valence-electron chi connectivity index (χ0n) is 14.9. The van der Waals surface area contributed by atoms with Gasteiger partial charge in [0.15, 0.2) is 5.82 Å². The normalized spacial score (nSPS) is 19.1. The summed E-state index contributed by atoms with van der Waals surface area (Å²) < 4.78 is 5.66. The van der Waals surface area contributed by atoms with Crippen molar-refractivity contribution in [3.63, 3.8) is 0 Å². The van der Waals surface area contributed by atoms with Crippen molar-refractivity contribution in [2.24, 2.45) is 5.73 Å². The minimum Gasteiger partial charge on any atom is -0.367 e. The van der Waals surface area contributed by atoms with Crippen LogP contribution in [0, 0.1) is 0 Å². The highest BCUT2D eigenvalue weighted by Gasteiger charge is 2.29. The molecular weight excluding hydrogens is 399 g/mol. The van der Waals surface area contributed by atoms with Crippen LogP contribution >= 0.6 is 23.2 Å². The Morgan fingerprint density at radius 2 is 1.89 bits per heavy atom. The quantitative estimate of drug-likeness (QED) is 0.654. The van der Waals surface area contributed by atoms with Crippen molar-refractivity contribution in [1.82, 2.24) is 10.2 Å². The summed E-state index contributed by atoms with van der Waals surface area (Å²) in [5.41, 5.74) is 6.88. The van der Waals surface area contributed by atoms with Crippen molar-refractivity contribution in [2.45, 2.75) is 25.0 Å². The number of hydrogen-bond acceptors (Lipinski definition) is 5. The lowest BCUT2D eigenvalue weighted by atomic mass is 10.0. The molecule has 144 valence electrons. The summed E-state index contributed by atoms with van der Waals surface area (Å²) in [4.78, 5) is 11.3. The van der Waals surface area contributed by atoms with Crippen molar-refractivity contribution in [2.75, 3.05) is 11.9 Å². The van der Waals surface area contributed by atoms with Crippen LogP contribution < -0.4 is 11.1 Å². The Labute approximate surface area is 172 Å². The number of halogens is 2. The molecule has 4 rings (SSSR count). The standard InChI is InChI=1S/C20H18Cl2N4O2/c21-15-7-5-11(9-16(15)22)18-13-3-1-2-4-14(13)20(26-25-18)24-10-12-6-8-17(28-12)19(23)27/h1-5,7,9,12,17H,6,8,10H2,(H2,23,27)(H,24,26). The third-order valence-corrected chi connectivity index (χ3v) is 5.54. The molecule has 0 aliphatic carbocycles. The molecule has 3 N–H and O–H groups in total. The predicted molar refractivity (Wildman–Crippen MR) is 111 cm³/mol. The topological polar surface area (TPSA) is 90.1 Å². The number of carbonyl (C=O) groups excluding carboxylic acids is 1. The molecule has 1 amide bonds. The van der Waals surface area contributed by atoms with Crippen LogP contribution in [0.5, 0.6) is 0 Å². The molecule has 28 heavy (non-hydrogen) atoms. The molecule has 2 heterocycles. The largest absolute Gasteiger partial charge is 0.367 e. The lowest BCUT2D eigenvalue weighted by Gasteiger charge is -2.15. The summed E-state index contributed by atoms with van der Waals surface area (Å²) >= 11 is 12.2. The van der Waals surface area contributed by atoms with Crippen molar-refractivity contribution >= 4 is 45.7 Å². The van der Waals surface area contributed by atoms with Crippen molar-refractivity contribution in [3.8, 4) is 11.3 Å². The number of amides is 1. The Kier molecular flexibility index (Phi) is 5.35. The molecule has 1 fully saturated rings. The Bertz CT molecular complexity index is 1040. The minimum atomic E-state index is -0.508. The van der Waals surface area contributed by atoms with Crippen LogP contribution in [0.1, 0.15) is 12.8 Å². The lowest BCUT2D eigenvalue weighted by Crippen LogP contribution is -2.30. The fourth-order valence-electron chi connectivity index (χ4n) is 3.37. The van der Waals surface area contributed by atoms with Crippen LogP contribution in [-0.2, 0) is 9.53 Å². The van der Waals surface area contributed by atoms with E-state index in [2.05, 4.69) is 15.5 Å². The Morgan fingerprint density at radius 1 is 1.11 bits per heavy atom. The van der Waals surface area contributed by atoms with Crippen LogP contribution in [0.15, 0.2) is 42.5 Å². The molecule has 6 nitrogen and oxygen atoms in total. The number of nitrogens with zero attached hydrogens (tertiary/aromatic N) is 2. The lowest BCUT2D eigenvalue weighted by molar-refractivity contribution is -0.128. The average Bonchev–Trinajstić information content (AvgIpc) is 3.18. The SMILES string of the molecule is NC(=O)C1CCC(CNc2nnc(-c3ccc(Cl)c(Cl)c3)c3ccccc23)O1. The van der Waals surface area contributed by atoms with Gasteiger partial charge in [0.2, 0.25) is 5.91 Å². The van der Waals surface area contributed by atoms with Gasteiger partial charge in [0, 0.05) is 22.9 Å². The second kappa shape index (κ2) is 7.91. The first kappa shape index (κ1) is 18.9. The highest BCUT2D eigenvalue weighted by molar-refractivity contribution is 6.42. The van der Waals surface area contributed by atoms with Gasteiger partial charge in [-0.25, -0.2) is 0 Å². The molecule has 0 radical (unpaired) electrons. The summed E-state index contributed by atoms with van der Waals surface area (Å²) in [6, 6.07) is 13.3. The molecule has 1 aromatic heterocycles. The van der Waals surface area contributed by atoms with E-state index in [1.165, 1.54) is 0 Å². The Balaban J connectivity index is 1.61. The fraction of sp³-hybridized carbons (Fsp3) is 0.250. The number of aromatic nitrogens is 2. The molecule has 8 heteroatoms. The fourth-order valence-corrected chi connectivity index (χ4v) is 3.66. The van der Waals surface area contributed by atoms with E-state index in [0.717, 1.165) is 28.5 Å². The summed E-state index contributed by atoms with van der Waals surface area (Å²) in [5, 5.41) is 14.9. The van der Waals surface area contributed by atoms with Crippen molar-refractivity contribution in [1.29, 1.82) is 0 Å². The summed E-state index contributed by atoms with van der Waals surface area (Å²) in [7, 11) is 0. The summed E-state index contributed by atoms with van der Waals surface area (Å²) in [5.74, 6) is 0.240. The van der Waals surface area contributed by atoms with Gasteiger partial charge >= 0.3 is 0 Å². The molecule has 1 saturated heterocycles. The first-order valence-electron chi connectivity index (χ1n) is 8.92. The van der Waals surface area contributed by atoms with E-state index in [4.69, 9.17) is 33.7 Å². The van der Waals surface area contributed by atoms with Crippen LogP contribution in [0.25, 0.3) is 22.0 Å². The number of hydrogen-bond donors (Lipinski definition) is 2. The molecule has 1 aliphatic heterocycles. The molecule has 1 aliphatic rings. The molecule has 0 saturated carbocycles. The zero-order chi connectivity index (χ0) is 19.7. The average molecular weight is 417 g/mol. The maximum atomic E-state index is 11.3. The number of carbonyl (C=O) groups is 1. The van der Waals surface area contributed by atoms with Gasteiger partial charge in [0.05, 0.1) is 16.1 Å². The van der Waals surface area contributed by atoms with E-state index in [0.29, 0.717) is 28.8 Å². The van der Waals surface area contributed by atoms with Gasteiger partial charge in [-0.3, -0.25) is 4.79 Å². The van der Waals surface area contributed by atoms with E-state index in [9.17, 15) is 4.79 Å². The van der Waals surface area contributed by atoms with Crippen LogP contribution in [0.4, 0.5) is 5.82 Å².